The van der Waals surface area contributed by atoms with Crippen LogP contribution in [0.1, 0.15) is 63.7 Å². The minimum Gasteiger partial charge on any atom is -0.389 e. The Morgan fingerprint density at radius 2 is 1.80 bits per heavy atom. The summed E-state index contributed by atoms with van der Waals surface area (Å²) in [6.45, 7) is 8.09. The van der Waals surface area contributed by atoms with Crippen molar-refractivity contribution in [2.24, 2.45) is 0 Å². The van der Waals surface area contributed by atoms with E-state index in [1.807, 2.05) is 12.1 Å². The molecule has 1 atom stereocenters. The number of benzene rings is 1. The molecule has 3 nitrogen and oxygen atoms in total. The first kappa shape index (κ1) is 16.5. The van der Waals surface area contributed by atoms with Gasteiger partial charge in [0.2, 0.25) is 0 Å². The maximum atomic E-state index is 9.96. The fourth-order valence-electron chi connectivity index (χ4n) is 2.29. The van der Waals surface area contributed by atoms with Crippen LogP contribution in [0.2, 0.25) is 0 Å². The molecule has 0 unspecified atom stereocenters. The second kappa shape index (κ2) is 8.60. The molecule has 0 amide bonds. The minimum atomic E-state index is -0.511. The van der Waals surface area contributed by atoms with E-state index in [9.17, 15) is 5.11 Å². The SMILES string of the molecule is CCCCN(CCCC)c1cc(C#N)ccc1[C@@H](C)O. The molecule has 0 radical (unpaired) electrons. The predicted octanol–water partition coefficient (Wildman–Crippen LogP) is 4.02. The lowest BCUT2D eigenvalue weighted by molar-refractivity contribution is 0.199. The lowest BCUT2D eigenvalue weighted by Gasteiger charge is -2.28. The average molecular weight is 274 g/mol. The topological polar surface area (TPSA) is 47.3 Å². The van der Waals surface area contributed by atoms with Crippen LogP contribution >= 0.6 is 0 Å². The van der Waals surface area contributed by atoms with E-state index in [4.69, 9.17) is 5.26 Å². The third-order valence-corrected chi connectivity index (χ3v) is 3.51. The number of nitriles is 1. The monoisotopic (exact) mass is 274 g/mol. The van der Waals surface area contributed by atoms with Crippen molar-refractivity contribution in [2.45, 2.75) is 52.6 Å². The van der Waals surface area contributed by atoms with Crippen LogP contribution in [0.25, 0.3) is 0 Å². The van der Waals surface area contributed by atoms with Crippen LogP contribution in [0.3, 0.4) is 0 Å². The van der Waals surface area contributed by atoms with E-state index in [1.54, 1.807) is 13.0 Å². The summed E-state index contributed by atoms with van der Waals surface area (Å²) < 4.78 is 0. The maximum absolute atomic E-state index is 9.96. The minimum absolute atomic E-state index is 0.511. The first-order chi connectivity index (χ1) is 9.63. The smallest absolute Gasteiger partial charge is 0.0992 e. The highest BCUT2D eigenvalue weighted by Gasteiger charge is 2.14. The van der Waals surface area contributed by atoms with Gasteiger partial charge in [0.25, 0.3) is 0 Å². The molecule has 0 bridgehead atoms. The Kier molecular flexibility index (Phi) is 7.11. The van der Waals surface area contributed by atoms with Crippen molar-refractivity contribution in [3.8, 4) is 6.07 Å². The van der Waals surface area contributed by atoms with Crippen LogP contribution in [-0.2, 0) is 0 Å². The van der Waals surface area contributed by atoms with Crippen molar-refractivity contribution in [3.63, 3.8) is 0 Å². The van der Waals surface area contributed by atoms with E-state index in [0.29, 0.717) is 5.56 Å². The first-order valence-corrected chi connectivity index (χ1v) is 7.61. The molecule has 0 aliphatic heterocycles. The fourth-order valence-corrected chi connectivity index (χ4v) is 2.29. The van der Waals surface area contributed by atoms with Crippen molar-refractivity contribution >= 4 is 5.69 Å². The Bertz CT molecular complexity index is 441. The quantitative estimate of drug-likeness (QED) is 0.779. The molecule has 1 aromatic carbocycles. The number of hydrogen-bond acceptors (Lipinski definition) is 3. The summed E-state index contributed by atoms with van der Waals surface area (Å²) in [6, 6.07) is 7.76. The summed E-state index contributed by atoms with van der Waals surface area (Å²) in [7, 11) is 0. The second-order valence-corrected chi connectivity index (χ2v) is 5.26. The van der Waals surface area contributed by atoms with Gasteiger partial charge < -0.3 is 10.0 Å². The number of aliphatic hydroxyl groups excluding tert-OH is 1. The molecule has 0 aromatic heterocycles. The van der Waals surface area contributed by atoms with Crippen molar-refractivity contribution in [3.05, 3.63) is 29.3 Å². The summed E-state index contributed by atoms with van der Waals surface area (Å²) in [5.41, 5.74) is 2.58. The Labute approximate surface area is 122 Å². The van der Waals surface area contributed by atoms with Gasteiger partial charge in [-0.25, -0.2) is 0 Å². The number of anilines is 1. The number of nitrogens with zero attached hydrogens (tertiary/aromatic N) is 2. The van der Waals surface area contributed by atoms with Crippen molar-refractivity contribution in [2.75, 3.05) is 18.0 Å². The number of rotatable bonds is 8. The molecule has 0 heterocycles. The summed E-state index contributed by atoms with van der Waals surface area (Å²) in [5, 5.41) is 19.1. The van der Waals surface area contributed by atoms with Gasteiger partial charge in [-0.1, -0.05) is 32.8 Å². The van der Waals surface area contributed by atoms with E-state index in [2.05, 4.69) is 24.8 Å². The Hall–Kier alpha value is -1.53. The molecule has 0 aliphatic rings. The predicted molar refractivity (Wildman–Crippen MR) is 83.8 cm³/mol. The van der Waals surface area contributed by atoms with Crippen LogP contribution in [0.15, 0.2) is 18.2 Å². The highest BCUT2D eigenvalue weighted by Crippen LogP contribution is 2.28. The Morgan fingerprint density at radius 1 is 1.20 bits per heavy atom. The highest BCUT2D eigenvalue weighted by molar-refractivity contribution is 5.58. The standard InChI is InChI=1S/C17H26N2O/c1-4-6-10-19(11-7-5-2)17-12-15(13-18)8-9-16(17)14(3)20/h8-9,12,14,20H,4-7,10-11H2,1-3H3/t14-/m1/s1. The van der Waals surface area contributed by atoms with Gasteiger partial charge in [-0.05, 0) is 31.9 Å². The maximum Gasteiger partial charge on any atom is 0.0992 e. The molecule has 3 heteroatoms. The van der Waals surface area contributed by atoms with Crippen LogP contribution in [0, 0.1) is 11.3 Å². The van der Waals surface area contributed by atoms with Crippen LogP contribution in [0.5, 0.6) is 0 Å². The molecule has 1 aromatic rings. The first-order valence-electron chi connectivity index (χ1n) is 7.61. The van der Waals surface area contributed by atoms with Gasteiger partial charge in [-0.15, -0.1) is 0 Å². The van der Waals surface area contributed by atoms with Crippen molar-refractivity contribution in [1.82, 2.24) is 0 Å². The average Bonchev–Trinajstić information content (AvgIpc) is 2.46. The largest absolute Gasteiger partial charge is 0.389 e. The van der Waals surface area contributed by atoms with Gasteiger partial charge in [-0.3, -0.25) is 0 Å². The normalized spacial score (nSPS) is 11.9. The lowest BCUT2D eigenvalue weighted by atomic mass is 10.0. The molecular weight excluding hydrogens is 248 g/mol. The summed E-state index contributed by atoms with van der Waals surface area (Å²) in [6.07, 6.45) is 4.03. The Balaban J connectivity index is 3.10. The molecule has 1 rings (SSSR count). The van der Waals surface area contributed by atoms with Gasteiger partial charge in [-0.2, -0.15) is 5.26 Å². The van der Waals surface area contributed by atoms with Crippen LogP contribution < -0.4 is 4.90 Å². The summed E-state index contributed by atoms with van der Waals surface area (Å²) in [4.78, 5) is 2.32. The molecule has 20 heavy (non-hydrogen) atoms. The van der Waals surface area contributed by atoms with E-state index < -0.39 is 6.10 Å². The van der Waals surface area contributed by atoms with E-state index >= 15 is 0 Å². The van der Waals surface area contributed by atoms with E-state index in [-0.39, 0.29) is 0 Å². The zero-order valence-corrected chi connectivity index (χ0v) is 12.9. The lowest BCUT2D eigenvalue weighted by Crippen LogP contribution is -2.27. The second-order valence-electron chi connectivity index (χ2n) is 5.26. The molecule has 0 spiro atoms. The zero-order valence-electron chi connectivity index (χ0n) is 12.9. The third kappa shape index (κ3) is 4.54. The molecule has 0 saturated heterocycles. The fraction of sp³-hybridized carbons (Fsp3) is 0.588. The molecule has 110 valence electrons. The van der Waals surface area contributed by atoms with E-state index in [0.717, 1.165) is 50.0 Å². The van der Waals surface area contributed by atoms with Crippen LogP contribution in [-0.4, -0.2) is 18.2 Å². The van der Waals surface area contributed by atoms with Gasteiger partial charge in [0.05, 0.1) is 17.7 Å². The summed E-state index contributed by atoms with van der Waals surface area (Å²) in [5.74, 6) is 0. The zero-order chi connectivity index (χ0) is 15.0. The van der Waals surface area contributed by atoms with E-state index in [1.165, 1.54) is 0 Å². The number of unbranched alkanes of at least 4 members (excludes halogenated alkanes) is 2. The van der Waals surface area contributed by atoms with Crippen molar-refractivity contribution in [1.29, 1.82) is 5.26 Å². The number of aliphatic hydroxyl groups is 1. The van der Waals surface area contributed by atoms with Crippen molar-refractivity contribution < 1.29 is 5.11 Å². The molecule has 1 N–H and O–H groups in total. The van der Waals surface area contributed by atoms with Gasteiger partial charge in [0.15, 0.2) is 0 Å². The molecule has 0 fully saturated rings. The highest BCUT2D eigenvalue weighted by atomic mass is 16.3. The molecular formula is C17H26N2O. The van der Waals surface area contributed by atoms with Gasteiger partial charge in [0.1, 0.15) is 0 Å². The van der Waals surface area contributed by atoms with Gasteiger partial charge in [0, 0.05) is 24.3 Å². The van der Waals surface area contributed by atoms with Gasteiger partial charge >= 0.3 is 0 Å². The molecule has 0 aliphatic carbocycles. The van der Waals surface area contributed by atoms with Crippen LogP contribution in [0.4, 0.5) is 5.69 Å². The number of hydrogen-bond donors (Lipinski definition) is 1. The summed E-state index contributed by atoms with van der Waals surface area (Å²) >= 11 is 0. The third-order valence-electron chi connectivity index (χ3n) is 3.51. The Morgan fingerprint density at radius 3 is 2.25 bits per heavy atom. The molecule has 0 saturated carbocycles.